The van der Waals surface area contributed by atoms with Crippen molar-refractivity contribution < 1.29 is 4.74 Å². The number of nitrogens with one attached hydrogen (secondary N) is 2. The van der Waals surface area contributed by atoms with Crippen molar-refractivity contribution in [1.29, 1.82) is 0 Å². The van der Waals surface area contributed by atoms with Crippen LogP contribution in [-0.4, -0.2) is 61.2 Å². The zero-order valence-corrected chi connectivity index (χ0v) is 21.6. The monoisotopic (exact) mass is 494 g/mol. The van der Waals surface area contributed by atoms with E-state index in [-0.39, 0.29) is 17.6 Å². The number of hydrogen-bond acceptors (Lipinski definition) is 8. The van der Waals surface area contributed by atoms with Gasteiger partial charge in [0.05, 0.1) is 6.54 Å². The molecular formula is C26H38N8O2. The van der Waals surface area contributed by atoms with Crippen LogP contribution in [-0.2, 0) is 6.54 Å². The molecule has 4 N–H and O–H groups in total. The summed E-state index contributed by atoms with van der Waals surface area (Å²) in [4.78, 5) is 31.3. The Labute approximate surface area is 211 Å². The van der Waals surface area contributed by atoms with Gasteiger partial charge in [0.1, 0.15) is 11.6 Å². The first kappa shape index (κ1) is 24.5. The van der Waals surface area contributed by atoms with Gasteiger partial charge in [-0.15, -0.1) is 0 Å². The van der Waals surface area contributed by atoms with E-state index in [4.69, 9.17) is 10.5 Å². The third kappa shape index (κ3) is 5.04. The van der Waals surface area contributed by atoms with E-state index in [1.807, 2.05) is 12.1 Å². The summed E-state index contributed by atoms with van der Waals surface area (Å²) in [5.41, 5.74) is 8.08. The van der Waals surface area contributed by atoms with Crippen molar-refractivity contribution in [3.05, 3.63) is 34.4 Å². The second-order valence-corrected chi connectivity index (χ2v) is 10.7. The lowest BCUT2D eigenvalue weighted by atomic mass is 9.61. The van der Waals surface area contributed by atoms with Crippen LogP contribution in [0.25, 0.3) is 11.2 Å². The van der Waals surface area contributed by atoms with Gasteiger partial charge in [-0.05, 0) is 70.0 Å². The Kier molecular flexibility index (Phi) is 6.87. The summed E-state index contributed by atoms with van der Waals surface area (Å²) in [6.07, 6.45) is 8.82. The first-order valence-corrected chi connectivity index (χ1v) is 13.2. The van der Waals surface area contributed by atoms with Crippen molar-refractivity contribution in [2.75, 3.05) is 30.7 Å². The molecular weight excluding hydrogens is 456 g/mol. The highest BCUT2D eigenvalue weighted by atomic mass is 16.5. The lowest BCUT2D eigenvalue weighted by Crippen LogP contribution is -2.52. The summed E-state index contributed by atoms with van der Waals surface area (Å²) >= 11 is 0. The number of ether oxygens (including phenoxy) is 1. The molecule has 0 amide bonds. The van der Waals surface area contributed by atoms with E-state index in [2.05, 4.69) is 50.9 Å². The molecule has 10 nitrogen and oxygen atoms in total. The van der Waals surface area contributed by atoms with Gasteiger partial charge in [-0.25, -0.2) is 9.78 Å². The van der Waals surface area contributed by atoms with Crippen LogP contribution >= 0.6 is 0 Å². The Morgan fingerprint density at radius 1 is 1.25 bits per heavy atom. The third-order valence-corrected chi connectivity index (χ3v) is 7.80. The number of aromatic nitrogens is 5. The van der Waals surface area contributed by atoms with Gasteiger partial charge < -0.3 is 25.7 Å². The van der Waals surface area contributed by atoms with Crippen LogP contribution in [0.3, 0.4) is 0 Å². The number of H-pyrrole nitrogens is 1. The number of nitrogens with two attached hydrogens (primary N) is 1. The second-order valence-electron chi connectivity index (χ2n) is 10.7. The van der Waals surface area contributed by atoms with Gasteiger partial charge in [0.25, 0.3) is 0 Å². The normalized spacial score (nSPS) is 18.1. The zero-order chi connectivity index (χ0) is 25.3. The number of fused-ring (bicyclic) bond motifs is 1. The summed E-state index contributed by atoms with van der Waals surface area (Å²) in [7, 11) is 0. The Hall–Kier alpha value is -3.14. The van der Waals surface area contributed by atoms with E-state index in [0.717, 1.165) is 37.8 Å². The van der Waals surface area contributed by atoms with Crippen molar-refractivity contribution in [3.8, 4) is 5.88 Å². The molecule has 3 aromatic rings. The highest BCUT2D eigenvalue weighted by Gasteiger charge is 2.47. The SMILES string of the molecule is CCCCNc1nc(N)c2[nH]c(=O)n(Cc3ccc(OC4CC5(CCN(C(C)C)CC5)C4)nc3)c2n1. The van der Waals surface area contributed by atoms with E-state index in [0.29, 0.717) is 41.0 Å². The number of unbranched alkanes of at least 4 members (excludes halogenated alkanes) is 1. The molecule has 0 radical (unpaired) electrons. The minimum atomic E-state index is -0.277. The van der Waals surface area contributed by atoms with E-state index in [9.17, 15) is 4.79 Å². The molecule has 2 fully saturated rings. The first-order valence-electron chi connectivity index (χ1n) is 13.2. The summed E-state index contributed by atoms with van der Waals surface area (Å²) in [5.74, 6) is 1.32. The molecule has 4 heterocycles. The topological polar surface area (TPSA) is 127 Å². The quantitative estimate of drug-likeness (QED) is 0.386. The maximum Gasteiger partial charge on any atom is 0.328 e. The smallest absolute Gasteiger partial charge is 0.328 e. The molecule has 0 bridgehead atoms. The number of hydrogen-bond donors (Lipinski definition) is 3. The first-order chi connectivity index (χ1) is 17.4. The minimum Gasteiger partial charge on any atom is -0.474 e. The average Bonchev–Trinajstić information content (AvgIpc) is 3.15. The molecule has 0 atom stereocenters. The molecule has 36 heavy (non-hydrogen) atoms. The molecule has 3 aromatic heterocycles. The van der Waals surface area contributed by atoms with Gasteiger partial charge in [0.15, 0.2) is 11.5 Å². The van der Waals surface area contributed by atoms with Crippen LogP contribution in [0.4, 0.5) is 11.8 Å². The van der Waals surface area contributed by atoms with Gasteiger partial charge in [-0.1, -0.05) is 19.4 Å². The van der Waals surface area contributed by atoms with Crippen LogP contribution in [0, 0.1) is 5.41 Å². The number of aromatic amines is 1. The fourth-order valence-electron chi connectivity index (χ4n) is 5.49. The van der Waals surface area contributed by atoms with Gasteiger partial charge >= 0.3 is 5.69 Å². The van der Waals surface area contributed by atoms with Crippen molar-refractivity contribution in [2.24, 2.45) is 5.41 Å². The van der Waals surface area contributed by atoms with E-state index >= 15 is 0 Å². The second kappa shape index (κ2) is 10.1. The Morgan fingerprint density at radius 3 is 2.69 bits per heavy atom. The average molecular weight is 495 g/mol. The van der Waals surface area contributed by atoms with Crippen molar-refractivity contribution in [2.45, 2.75) is 78.0 Å². The maximum atomic E-state index is 12.6. The van der Waals surface area contributed by atoms with Crippen molar-refractivity contribution in [3.63, 3.8) is 0 Å². The van der Waals surface area contributed by atoms with Crippen LogP contribution < -0.4 is 21.5 Å². The lowest BCUT2D eigenvalue weighted by molar-refractivity contribution is -0.0609. The van der Waals surface area contributed by atoms with Gasteiger partial charge in [-0.3, -0.25) is 4.57 Å². The van der Waals surface area contributed by atoms with Crippen LogP contribution in [0.1, 0.15) is 64.9 Å². The highest BCUT2D eigenvalue weighted by molar-refractivity contribution is 5.82. The Balaban J connectivity index is 1.21. The molecule has 0 unspecified atom stereocenters. The molecule has 1 aliphatic carbocycles. The molecule has 1 aliphatic heterocycles. The van der Waals surface area contributed by atoms with Gasteiger partial charge in [-0.2, -0.15) is 9.97 Å². The minimum absolute atomic E-state index is 0.239. The van der Waals surface area contributed by atoms with Crippen LogP contribution in [0.15, 0.2) is 23.1 Å². The molecule has 194 valence electrons. The molecule has 1 spiro atoms. The number of rotatable bonds is 9. The molecule has 5 rings (SSSR count). The lowest BCUT2D eigenvalue weighted by Gasteiger charge is -2.52. The van der Waals surface area contributed by atoms with Crippen molar-refractivity contribution >= 4 is 22.9 Å². The summed E-state index contributed by atoms with van der Waals surface area (Å²) in [6, 6.07) is 4.48. The fourth-order valence-corrected chi connectivity index (χ4v) is 5.49. The number of pyridine rings is 1. The van der Waals surface area contributed by atoms with Gasteiger partial charge in [0.2, 0.25) is 11.8 Å². The number of likely N-dealkylation sites (tertiary alicyclic amines) is 1. The predicted molar refractivity (Wildman–Crippen MR) is 141 cm³/mol. The number of piperidine rings is 1. The van der Waals surface area contributed by atoms with Gasteiger partial charge in [0, 0.05) is 24.8 Å². The summed E-state index contributed by atoms with van der Waals surface area (Å²) in [5, 5.41) is 3.18. The Bertz CT molecular complexity index is 1230. The van der Waals surface area contributed by atoms with E-state index in [1.165, 1.54) is 25.9 Å². The highest BCUT2D eigenvalue weighted by Crippen LogP contribution is 2.50. The van der Waals surface area contributed by atoms with Crippen LogP contribution in [0.2, 0.25) is 0 Å². The standard InChI is InChI=1S/C26H38N8O2/c1-4-5-10-28-24-31-22(27)21-23(32-24)34(25(35)30-21)16-18-6-7-20(29-15-18)36-19-13-26(14-19)8-11-33(12-9-26)17(2)3/h6-7,15,17,19H,4-5,8-14,16H2,1-3H3,(H,30,35)(H3,27,28,31,32). The number of nitrogens with zero attached hydrogens (tertiary/aromatic N) is 5. The van der Waals surface area contributed by atoms with Crippen LogP contribution in [0.5, 0.6) is 5.88 Å². The molecule has 2 aliphatic rings. The summed E-state index contributed by atoms with van der Waals surface area (Å²) in [6.45, 7) is 10.1. The fraction of sp³-hybridized carbons (Fsp3) is 0.615. The maximum absolute atomic E-state index is 12.6. The number of imidazole rings is 1. The van der Waals surface area contributed by atoms with Crippen molar-refractivity contribution in [1.82, 2.24) is 29.4 Å². The zero-order valence-electron chi connectivity index (χ0n) is 21.6. The molecule has 1 saturated heterocycles. The molecule has 1 saturated carbocycles. The third-order valence-electron chi connectivity index (χ3n) is 7.80. The van der Waals surface area contributed by atoms with E-state index in [1.54, 1.807) is 10.8 Å². The molecule has 10 heteroatoms. The summed E-state index contributed by atoms with van der Waals surface area (Å²) < 4.78 is 7.73. The Morgan fingerprint density at radius 2 is 2.03 bits per heavy atom. The molecule has 0 aromatic carbocycles. The number of anilines is 2. The number of nitrogen functional groups attached to an aromatic ring is 1. The predicted octanol–water partition coefficient (Wildman–Crippen LogP) is 3.39. The largest absolute Gasteiger partial charge is 0.474 e. The van der Waals surface area contributed by atoms with E-state index < -0.39 is 0 Å².